The molecular formula is C27H28N4O5. The van der Waals surface area contributed by atoms with Gasteiger partial charge in [-0.3, -0.25) is 25.2 Å². The van der Waals surface area contributed by atoms with Crippen LogP contribution in [0, 0.1) is 0 Å². The van der Waals surface area contributed by atoms with Gasteiger partial charge in [0.05, 0.1) is 13.7 Å². The number of ether oxygens (including phenoxy) is 2. The van der Waals surface area contributed by atoms with E-state index in [1.807, 2.05) is 23.1 Å². The first-order valence-electron chi connectivity index (χ1n) is 11.6. The maximum atomic E-state index is 12.4. The lowest BCUT2D eigenvalue weighted by Gasteiger charge is -2.30. The lowest BCUT2D eigenvalue weighted by atomic mass is 10.0. The quantitative estimate of drug-likeness (QED) is 0.421. The van der Waals surface area contributed by atoms with Gasteiger partial charge < -0.3 is 19.7 Å². The largest absolute Gasteiger partial charge is 0.497 e. The normalized spacial score (nSPS) is 12.2. The number of aryl methyl sites for hydroxylation is 1. The second kappa shape index (κ2) is 11.7. The summed E-state index contributed by atoms with van der Waals surface area (Å²) in [6.45, 7) is 0.748. The zero-order valence-corrected chi connectivity index (χ0v) is 20.0. The summed E-state index contributed by atoms with van der Waals surface area (Å²) in [5, 5.41) is 2.73. The van der Waals surface area contributed by atoms with Crippen LogP contribution in [0.5, 0.6) is 11.5 Å². The molecule has 0 fully saturated rings. The van der Waals surface area contributed by atoms with E-state index in [2.05, 4.69) is 22.2 Å². The SMILES string of the molecule is COc1cccc(NC(=O)COc2ccc(C(=O)NNC(=O)CN3CCCc4ccccc43)cc2)c1. The molecule has 0 radical (unpaired) electrons. The predicted molar refractivity (Wildman–Crippen MR) is 136 cm³/mol. The Hall–Kier alpha value is -4.53. The summed E-state index contributed by atoms with van der Waals surface area (Å²) in [6, 6.07) is 21.3. The van der Waals surface area contributed by atoms with Crippen molar-refractivity contribution in [3.63, 3.8) is 0 Å². The van der Waals surface area contributed by atoms with Crippen LogP contribution < -0.4 is 30.5 Å². The number of anilines is 2. The van der Waals surface area contributed by atoms with Crippen LogP contribution in [-0.2, 0) is 16.0 Å². The lowest BCUT2D eigenvalue weighted by molar-refractivity contribution is -0.120. The van der Waals surface area contributed by atoms with E-state index in [1.165, 1.54) is 5.56 Å². The molecule has 186 valence electrons. The summed E-state index contributed by atoms with van der Waals surface area (Å²) in [5.41, 5.74) is 8.12. The van der Waals surface area contributed by atoms with E-state index < -0.39 is 5.91 Å². The lowest BCUT2D eigenvalue weighted by Crippen LogP contribution is -2.47. The van der Waals surface area contributed by atoms with E-state index in [4.69, 9.17) is 9.47 Å². The minimum Gasteiger partial charge on any atom is -0.497 e. The third-order valence-corrected chi connectivity index (χ3v) is 5.70. The number of carbonyl (C=O) groups excluding carboxylic acids is 3. The van der Waals surface area contributed by atoms with Gasteiger partial charge in [-0.2, -0.15) is 0 Å². The van der Waals surface area contributed by atoms with E-state index in [-0.39, 0.29) is 25.0 Å². The first-order valence-corrected chi connectivity index (χ1v) is 11.6. The number of hydrazine groups is 1. The zero-order chi connectivity index (χ0) is 25.3. The highest BCUT2D eigenvalue weighted by atomic mass is 16.5. The highest BCUT2D eigenvalue weighted by Crippen LogP contribution is 2.26. The smallest absolute Gasteiger partial charge is 0.269 e. The molecule has 36 heavy (non-hydrogen) atoms. The Bertz CT molecular complexity index is 1230. The molecule has 0 saturated carbocycles. The Balaban J connectivity index is 1.21. The molecule has 0 bridgehead atoms. The Morgan fingerprint density at radius 2 is 1.69 bits per heavy atom. The van der Waals surface area contributed by atoms with Crippen molar-refractivity contribution in [3.05, 3.63) is 83.9 Å². The molecule has 0 aromatic heterocycles. The van der Waals surface area contributed by atoms with Crippen LogP contribution in [0.2, 0.25) is 0 Å². The van der Waals surface area contributed by atoms with Gasteiger partial charge in [0.25, 0.3) is 17.7 Å². The second-order valence-corrected chi connectivity index (χ2v) is 8.25. The fourth-order valence-corrected chi connectivity index (χ4v) is 3.94. The molecule has 0 saturated heterocycles. The number of para-hydroxylation sites is 1. The van der Waals surface area contributed by atoms with Gasteiger partial charge >= 0.3 is 0 Å². The Kier molecular flexibility index (Phi) is 8.02. The number of nitrogens with one attached hydrogen (secondary N) is 3. The highest BCUT2D eigenvalue weighted by molar-refractivity contribution is 5.96. The van der Waals surface area contributed by atoms with Crippen molar-refractivity contribution < 1.29 is 23.9 Å². The predicted octanol–water partition coefficient (Wildman–Crippen LogP) is 2.93. The maximum Gasteiger partial charge on any atom is 0.269 e. The van der Waals surface area contributed by atoms with E-state index >= 15 is 0 Å². The summed E-state index contributed by atoms with van der Waals surface area (Å²) in [5.74, 6) is -0.0216. The standard InChI is InChI=1S/C27H28N4O5/c1-35-23-9-4-8-21(16-23)28-26(33)18-36-22-13-11-20(12-14-22)27(34)30-29-25(32)17-31-15-5-7-19-6-2-3-10-24(19)31/h2-4,6,8-14,16H,5,7,15,17-18H2,1H3,(H,28,33)(H,29,32)(H,30,34). The molecule has 4 rings (SSSR count). The second-order valence-electron chi connectivity index (χ2n) is 8.25. The van der Waals surface area contributed by atoms with Gasteiger partial charge in [-0.1, -0.05) is 24.3 Å². The number of methoxy groups -OCH3 is 1. The molecule has 3 aromatic rings. The number of hydrogen-bond donors (Lipinski definition) is 3. The van der Waals surface area contributed by atoms with Gasteiger partial charge in [-0.15, -0.1) is 0 Å². The Morgan fingerprint density at radius 1 is 0.889 bits per heavy atom. The van der Waals surface area contributed by atoms with Crippen molar-refractivity contribution in [3.8, 4) is 11.5 Å². The number of rotatable bonds is 8. The Labute approximate surface area is 209 Å². The summed E-state index contributed by atoms with van der Waals surface area (Å²) >= 11 is 0. The minimum atomic E-state index is -0.454. The van der Waals surface area contributed by atoms with Crippen LogP contribution in [0.1, 0.15) is 22.3 Å². The molecule has 1 heterocycles. The maximum absolute atomic E-state index is 12.4. The van der Waals surface area contributed by atoms with Crippen LogP contribution in [-0.4, -0.2) is 44.5 Å². The number of carbonyl (C=O) groups is 3. The molecule has 0 aliphatic carbocycles. The van der Waals surface area contributed by atoms with Crippen LogP contribution in [0.25, 0.3) is 0 Å². The number of fused-ring (bicyclic) bond motifs is 1. The highest BCUT2D eigenvalue weighted by Gasteiger charge is 2.19. The third kappa shape index (κ3) is 6.53. The molecule has 9 heteroatoms. The summed E-state index contributed by atoms with van der Waals surface area (Å²) < 4.78 is 10.6. The first kappa shape index (κ1) is 24.6. The van der Waals surface area contributed by atoms with Gasteiger partial charge in [0.15, 0.2) is 6.61 Å². The van der Waals surface area contributed by atoms with Gasteiger partial charge in [-0.05, 0) is 60.9 Å². The molecule has 3 amide bonds. The molecule has 0 unspecified atom stereocenters. The van der Waals surface area contributed by atoms with E-state index in [0.717, 1.165) is 25.1 Å². The summed E-state index contributed by atoms with van der Waals surface area (Å²) in [7, 11) is 1.55. The van der Waals surface area contributed by atoms with Crippen molar-refractivity contribution in [2.24, 2.45) is 0 Å². The third-order valence-electron chi connectivity index (χ3n) is 5.70. The molecule has 3 aromatic carbocycles. The zero-order valence-electron chi connectivity index (χ0n) is 20.0. The van der Waals surface area contributed by atoms with Gasteiger partial charge in [0.2, 0.25) is 0 Å². The van der Waals surface area contributed by atoms with Crippen molar-refractivity contribution in [2.45, 2.75) is 12.8 Å². The summed E-state index contributed by atoms with van der Waals surface area (Å²) in [6.07, 6.45) is 1.98. The van der Waals surface area contributed by atoms with E-state index in [9.17, 15) is 14.4 Å². The monoisotopic (exact) mass is 488 g/mol. The number of nitrogens with zero attached hydrogens (tertiary/aromatic N) is 1. The molecule has 9 nitrogen and oxygen atoms in total. The number of amides is 3. The van der Waals surface area contributed by atoms with Gasteiger partial charge in [0.1, 0.15) is 11.5 Å². The molecular weight excluding hydrogens is 460 g/mol. The average Bonchev–Trinajstić information content (AvgIpc) is 2.91. The van der Waals surface area contributed by atoms with Crippen molar-refractivity contribution in [1.29, 1.82) is 0 Å². The van der Waals surface area contributed by atoms with Gasteiger partial charge in [0, 0.05) is 29.5 Å². The topological polar surface area (TPSA) is 109 Å². The average molecular weight is 489 g/mol. The van der Waals surface area contributed by atoms with Crippen LogP contribution in [0.15, 0.2) is 72.8 Å². The Morgan fingerprint density at radius 3 is 2.50 bits per heavy atom. The first-order chi connectivity index (χ1) is 17.5. The summed E-state index contributed by atoms with van der Waals surface area (Å²) in [4.78, 5) is 39.0. The fourth-order valence-electron chi connectivity index (χ4n) is 3.94. The molecule has 0 spiro atoms. The van der Waals surface area contributed by atoms with Crippen molar-refractivity contribution in [2.75, 3.05) is 37.0 Å². The van der Waals surface area contributed by atoms with Crippen LogP contribution in [0.4, 0.5) is 11.4 Å². The minimum absolute atomic E-state index is 0.155. The van der Waals surface area contributed by atoms with Crippen molar-refractivity contribution in [1.82, 2.24) is 10.9 Å². The van der Waals surface area contributed by atoms with Gasteiger partial charge in [-0.25, -0.2) is 0 Å². The molecule has 0 atom stereocenters. The molecule has 1 aliphatic rings. The van der Waals surface area contributed by atoms with Crippen LogP contribution in [0.3, 0.4) is 0 Å². The van der Waals surface area contributed by atoms with Crippen molar-refractivity contribution >= 4 is 29.1 Å². The number of benzene rings is 3. The molecule has 1 aliphatic heterocycles. The fraction of sp³-hybridized carbons (Fsp3) is 0.222. The molecule has 3 N–H and O–H groups in total. The van der Waals surface area contributed by atoms with E-state index in [1.54, 1.807) is 55.6 Å². The number of hydrogen-bond acceptors (Lipinski definition) is 6. The van der Waals surface area contributed by atoms with E-state index in [0.29, 0.717) is 22.7 Å². The van der Waals surface area contributed by atoms with Crippen LogP contribution >= 0.6 is 0 Å².